The van der Waals surface area contributed by atoms with Gasteiger partial charge in [0.25, 0.3) is 5.91 Å². The van der Waals surface area contributed by atoms with Gasteiger partial charge in [-0.3, -0.25) is 9.59 Å². The van der Waals surface area contributed by atoms with Gasteiger partial charge >= 0.3 is 0 Å². The maximum atomic E-state index is 13.6. The average Bonchev–Trinajstić information content (AvgIpc) is 3.21. The fourth-order valence-corrected chi connectivity index (χ4v) is 2.58. The van der Waals surface area contributed by atoms with Gasteiger partial charge < -0.3 is 24.1 Å². The van der Waals surface area contributed by atoms with Crippen LogP contribution in [0.15, 0.2) is 41.0 Å². The van der Waals surface area contributed by atoms with E-state index < -0.39 is 23.6 Å². The van der Waals surface area contributed by atoms with Crippen molar-refractivity contribution in [3.05, 3.63) is 54.0 Å². The van der Waals surface area contributed by atoms with Crippen molar-refractivity contribution in [2.24, 2.45) is 0 Å². The Kier molecular flexibility index (Phi) is 6.02. The predicted octanol–water partition coefficient (Wildman–Crippen LogP) is 1.59. The molecule has 0 saturated carbocycles. The van der Waals surface area contributed by atoms with E-state index in [9.17, 15) is 18.4 Å². The molecule has 2 aromatic rings. The van der Waals surface area contributed by atoms with E-state index in [2.05, 4.69) is 5.32 Å². The van der Waals surface area contributed by atoms with Crippen molar-refractivity contribution in [1.29, 1.82) is 0 Å². The molecule has 2 amide bonds. The van der Waals surface area contributed by atoms with E-state index in [4.69, 9.17) is 13.9 Å². The number of benzene rings is 1. The molecule has 1 atom stereocenters. The minimum absolute atomic E-state index is 0.0388. The lowest BCUT2D eigenvalue weighted by Gasteiger charge is -2.32. The monoisotopic (exact) mass is 380 g/mol. The molecule has 1 saturated heterocycles. The summed E-state index contributed by atoms with van der Waals surface area (Å²) in [4.78, 5) is 25.6. The summed E-state index contributed by atoms with van der Waals surface area (Å²) in [5.41, 5.74) is 0. The van der Waals surface area contributed by atoms with E-state index in [0.717, 1.165) is 18.2 Å². The number of hydrogen-bond donors (Lipinski definition) is 1. The van der Waals surface area contributed by atoms with E-state index >= 15 is 0 Å². The third-order valence-electron chi connectivity index (χ3n) is 3.95. The van der Waals surface area contributed by atoms with Gasteiger partial charge in [0.05, 0.1) is 26.0 Å². The Morgan fingerprint density at radius 2 is 2.15 bits per heavy atom. The van der Waals surface area contributed by atoms with Crippen molar-refractivity contribution < 1.29 is 32.3 Å². The Morgan fingerprint density at radius 3 is 2.93 bits per heavy atom. The predicted molar refractivity (Wildman–Crippen MR) is 89.2 cm³/mol. The van der Waals surface area contributed by atoms with Gasteiger partial charge in [-0.05, 0) is 24.3 Å². The van der Waals surface area contributed by atoms with Crippen LogP contribution >= 0.6 is 0 Å². The van der Waals surface area contributed by atoms with Gasteiger partial charge in [0.15, 0.2) is 17.3 Å². The molecular weight excluding hydrogens is 362 g/mol. The van der Waals surface area contributed by atoms with Gasteiger partial charge in [0.2, 0.25) is 5.91 Å². The maximum Gasteiger partial charge on any atom is 0.287 e. The van der Waals surface area contributed by atoms with Gasteiger partial charge in [-0.15, -0.1) is 0 Å². The third-order valence-corrected chi connectivity index (χ3v) is 3.95. The van der Waals surface area contributed by atoms with Gasteiger partial charge in [0, 0.05) is 12.6 Å². The largest absolute Gasteiger partial charge is 0.488 e. The molecule has 1 N–H and O–H groups in total. The second kappa shape index (κ2) is 8.63. The van der Waals surface area contributed by atoms with Crippen molar-refractivity contribution >= 4 is 11.8 Å². The number of rotatable bonds is 6. The smallest absolute Gasteiger partial charge is 0.287 e. The first-order valence-electron chi connectivity index (χ1n) is 8.32. The van der Waals surface area contributed by atoms with Crippen LogP contribution in [0.1, 0.15) is 10.6 Å². The van der Waals surface area contributed by atoms with Crippen LogP contribution < -0.4 is 10.1 Å². The van der Waals surface area contributed by atoms with Crippen molar-refractivity contribution in [3.63, 3.8) is 0 Å². The van der Waals surface area contributed by atoms with E-state index in [1.54, 1.807) is 6.07 Å². The van der Waals surface area contributed by atoms with Crippen molar-refractivity contribution in [3.8, 4) is 5.75 Å². The van der Waals surface area contributed by atoms with Gasteiger partial charge in [-0.1, -0.05) is 0 Å². The highest BCUT2D eigenvalue weighted by Crippen LogP contribution is 2.19. The van der Waals surface area contributed by atoms with Gasteiger partial charge in [0.1, 0.15) is 18.5 Å². The Balaban J connectivity index is 1.47. The molecule has 27 heavy (non-hydrogen) atoms. The van der Waals surface area contributed by atoms with E-state index in [0.29, 0.717) is 6.54 Å². The summed E-state index contributed by atoms with van der Waals surface area (Å²) in [5.74, 6) is -2.16. The number of furan rings is 1. The SMILES string of the molecule is O=C(NCC(=O)N1CCOC(COc2cc(F)ccc2F)C1)c1ccco1. The number of nitrogens with zero attached hydrogens (tertiary/aromatic N) is 1. The second-order valence-corrected chi connectivity index (χ2v) is 5.88. The fourth-order valence-electron chi connectivity index (χ4n) is 2.58. The summed E-state index contributed by atoms with van der Waals surface area (Å²) >= 11 is 0. The van der Waals surface area contributed by atoms with E-state index in [1.165, 1.54) is 17.2 Å². The topological polar surface area (TPSA) is 81.0 Å². The normalized spacial score (nSPS) is 16.8. The highest BCUT2D eigenvalue weighted by atomic mass is 19.1. The lowest BCUT2D eigenvalue weighted by atomic mass is 10.2. The van der Waals surface area contributed by atoms with Crippen LogP contribution in [0.5, 0.6) is 5.75 Å². The minimum Gasteiger partial charge on any atom is -0.488 e. The molecule has 0 bridgehead atoms. The molecule has 0 radical (unpaired) electrons. The molecule has 1 aromatic heterocycles. The van der Waals surface area contributed by atoms with Crippen molar-refractivity contribution in [1.82, 2.24) is 10.2 Å². The fraction of sp³-hybridized carbons (Fsp3) is 0.333. The molecule has 0 spiro atoms. The number of ether oxygens (including phenoxy) is 2. The van der Waals surface area contributed by atoms with Crippen LogP contribution in [0.4, 0.5) is 8.78 Å². The Bertz CT molecular complexity index is 797. The van der Waals surface area contributed by atoms with Gasteiger partial charge in [-0.25, -0.2) is 8.78 Å². The highest BCUT2D eigenvalue weighted by molar-refractivity contribution is 5.94. The molecule has 1 aliphatic heterocycles. The molecule has 1 aromatic carbocycles. The molecule has 1 fully saturated rings. The third kappa shape index (κ3) is 5.04. The number of halogens is 2. The molecule has 1 aliphatic rings. The molecule has 1 unspecified atom stereocenters. The van der Waals surface area contributed by atoms with Crippen molar-refractivity contribution in [2.45, 2.75) is 6.10 Å². The number of hydrogen-bond acceptors (Lipinski definition) is 5. The van der Waals surface area contributed by atoms with E-state index in [-0.39, 0.29) is 43.7 Å². The lowest BCUT2D eigenvalue weighted by Crippen LogP contribution is -2.50. The Labute approximate surface area is 153 Å². The number of morpholine rings is 1. The summed E-state index contributed by atoms with van der Waals surface area (Å²) in [7, 11) is 0. The summed E-state index contributed by atoms with van der Waals surface area (Å²) in [6.07, 6.45) is 0.872. The minimum atomic E-state index is -0.680. The molecule has 144 valence electrons. The lowest BCUT2D eigenvalue weighted by molar-refractivity contribution is -0.138. The molecule has 2 heterocycles. The van der Waals surface area contributed by atoms with Crippen LogP contribution in [0.3, 0.4) is 0 Å². The summed E-state index contributed by atoms with van der Waals surface area (Å²) in [5, 5.41) is 2.48. The van der Waals surface area contributed by atoms with Crippen LogP contribution in [-0.2, 0) is 9.53 Å². The number of amides is 2. The second-order valence-electron chi connectivity index (χ2n) is 5.88. The summed E-state index contributed by atoms with van der Waals surface area (Å²) in [6.45, 7) is 0.624. The first-order valence-corrected chi connectivity index (χ1v) is 8.32. The summed E-state index contributed by atoms with van der Waals surface area (Å²) in [6, 6.07) is 5.99. The maximum absolute atomic E-state index is 13.6. The molecule has 9 heteroatoms. The quantitative estimate of drug-likeness (QED) is 0.823. The van der Waals surface area contributed by atoms with Crippen molar-refractivity contribution in [2.75, 3.05) is 32.8 Å². The molecule has 7 nitrogen and oxygen atoms in total. The molecule has 0 aliphatic carbocycles. The van der Waals surface area contributed by atoms with Crippen LogP contribution in [-0.4, -0.2) is 55.7 Å². The first kappa shape index (κ1) is 18.8. The highest BCUT2D eigenvalue weighted by Gasteiger charge is 2.25. The number of carbonyl (C=O) groups excluding carboxylic acids is 2. The zero-order valence-corrected chi connectivity index (χ0v) is 14.3. The van der Waals surface area contributed by atoms with E-state index in [1.807, 2.05) is 0 Å². The Morgan fingerprint density at radius 1 is 1.30 bits per heavy atom. The number of nitrogens with one attached hydrogen (secondary N) is 1. The Hall–Kier alpha value is -2.94. The van der Waals surface area contributed by atoms with Crippen LogP contribution in [0.2, 0.25) is 0 Å². The molecular formula is C18H18F2N2O5. The first-order chi connectivity index (χ1) is 13.0. The average molecular weight is 380 g/mol. The summed E-state index contributed by atoms with van der Waals surface area (Å²) < 4.78 is 42.5. The standard InChI is InChI=1S/C18H18F2N2O5/c19-12-3-4-14(20)16(8-12)27-11-13-10-22(5-7-25-13)17(23)9-21-18(24)15-2-1-6-26-15/h1-4,6,8,13H,5,7,9-11H2,(H,21,24). The van der Waals surface area contributed by atoms with Crippen LogP contribution in [0, 0.1) is 11.6 Å². The number of carbonyl (C=O) groups is 2. The van der Waals surface area contributed by atoms with Crippen LogP contribution in [0.25, 0.3) is 0 Å². The zero-order valence-electron chi connectivity index (χ0n) is 14.3. The molecule has 3 rings (SSSR count). The van der Waals surface area contributed by atoms with Gasteiger partial charge in [-0.2, -0.15) is 0 Å². The zero-order chi connectivity index (χ0) is 19.2.